The van der Waals surface area contributed by atoms with Gasteiger partial charge in [-0.05, 0) is 35.5 Å². The van der Waals surface area contributed by atoms with Crippen LogP contribution < -0.4 is 5.73 Å². The molecule has 0 amide bonds. The van der Waals surface area contributed by atoms with Gasteiger partial charge in [0, 0.05) is 16.5 Å². The molecule has 0 saturated carbocycles. The van der Waals surface area contributed by atoms with E-state index in [9.17, 15) is 13.2 Å². The van der Waals surface area contributed by atoms with E-state index < -0.39 is 5.51 Å². The SMILES string of the molecule is NCc1cc(Cl)cc(SC(F)(F)F)c1. The molecule has 14 heavy (non-hydrogen) atoms. The third-order valence-corrected chi connectivity index (χ3v) is 2.32. The molecule has 1 aromatic carbocycles. The summed E-state index contributed by atoms with van der Waals surface area (Å²) in [5.74, 6) is 0. The Morgan fingerprint density at radius 3 is 2.43 bits per heavy atom. The number of hydrogen-bond acceptors (Lipinski definition) is 2. The van der Waals surface area contributed by atoms with Crippen LogP contribution in [0.3, 0.4) is 0 Å². The van der Waals surface area contributed by atoms with Crippen molar-refractivity contribution >= 4 is 23.4 Å². The van der Waals surface area contributed by atoms with Crippen molar-refractivity contribution in [2.24, 2.45) is 5.73 Å². The highest BCUT2D eigenvalue weighted by Gasteiger charge is 2.29. The Labute approximate surface area is 88.4 Å². The zero-order valence-corrected chi connectivity index (χ0v) is 8.51. The van der Waals surface area contributed by atoms with Crippen LogP contribution in [0, 0.1) is 0 Å². The van der Waals surface area contributed by atoms with Crippen LogP contribution in [-0.2, 0) is 6.54 Å². The smallest absolute Gasteiger partial charge is 0.326 e. The van der Waals surface area contributed by atoms with Gasteiger partial charge in [0.05, 0.1) is 0 Å². The van der Waals surface area contributed by atoms with Gasteiger partial charge in [0.25, 0.3) is 0 Å². The van der Waals surface area contributed by atoms with Gasteiger partial charge in [0.2, 0.25) is 0 Å². The molecule has 0 heterocycles. The van der Waals surface area contributed by atoms with E-state index in [1.54, 1.807) is 6.07 Å². The van der Waals surface area contributed by atoms with Crippen molar-refractivity contribution in [3.8, 4) is 0 Å². The van der Waals surface area contributed by atoms with E-state index in [1.165, 1.54) is 12.1 Å². The van der Waals surface area contributed by atoms with E-state index in [0.29, 0.717) is 5.56 Å². The van der Waals surface area contributed by atoms with Gasteiger partial charge in [0.15, 0.2) is 0 Å². The fraction of sp³-hybridized carbons (Fsp3) is 0.250. The Balaban J connectivity index is 2.92. The second-order valence-electron chi connectivity index (χ2n) is 2.55. The van der Waals surface area contributed by atoms with Crippen LogP contribution in [0.4, 0.5) is 13.2 Å². The monoisotopic (exact) mass is 241 g/mol. The summed E-state index contributed by atoms with van der Waals surface area (Å²) in [5, 5.41) is 0.264. The first-order valence-corrected chi connectivity index (χ1v) is 4.85. The third kappa shape index (κ3) is 3.77. The molecule has 0 aromatic heterocycles. The lowest BCUT2D eigenvalue weighted by Crippen LogP contribution is -2.01. The van der Waals surface area contributed by atoms with Crippen molar-refractivity contribution in [3.05, 3.63) is 28.8 Å². The number of halogens is 4. The molecule has 6 heteroatoms. The van der Waals surface area contributed by atoms with Crippen LogP contribution in [-0.4, -0.2) is 5.51 Å². The molecule has 0 atom stereocenters. The van der Waals surface area contributed by atoms with Gasteiger partial charge >= 0.3 is 5.51 Å². The van der Waals surface area contributed by atoms with E-state index >= 15 is 0 Å². The number of alkyl halides is 3. The van der Waals surface area contributed by atoms with Gasteiger partial charge < -0.3 is 5.73 Å². The van der Waals surface area contributed by atoms with Gasteiger partial charge in [-0.25, -0.2) is 0 Å². The number of rotatable bonds is 2. The van der Waals surface area contributed by atoms with Gasteiger partial charge in [-0.2, -0.15) is 13.2 Å². The van der Waals surface area contributed by atoms with Gasteiger partial charge in [0.1, 0.15) is 0 Å². The third-order valence-electron chi connectivity index (χ3n) is 1.40. The van der Waals surface area contributed by atoms with E-state index in [2.05, 4.69) is 0 Å². The molecule has 0 aliphatic carbocycles. The second kappa shape index (κ2) is 4.42. The van der Waals surface area contributed by atoms with Crippen molar-refractivity contribution in [2.45, 2.75) is 16.9 Å². The molecular weight excluding hydrogens is 235 g/mol. The number of hydrogen-bond donors (Lipinski definition) is 1. The minimum absolute atomic E-state index is 0.0606. The molecule has 0 spiro atoms. The van der Waals surface area contributed by atoms with Gasteiger partial charge in [-0.3, -0.25) is 0 Å². The highest BCUT2D eigenvalue weighted by atomic mass is 35.5. The van der Waals surface area contributed by atoms with Crippen LogP contribution in [0.1, 0.15) is 5.56 Å². The van der Waals surface area contributed by atoms with Crippen LogP contribution in [0.5, 0.6) is 0 Å². The maximum Gasteiger partial charge on any atom is 0.446 e. The number of nitrogens with two attached hydrogens (primary N) is 1. The molecule has 0 unspecified atom stereocenters. The molecular formula is C8H7ClF3NS. The molecule has 2 N–H and O–H groups in total. The molecule has 1 nitrogen and oxygen atoms in total. The summed E-state index contributed by atoms with van der Waals surface area (Å²) in [4.78, 5) is 0.0606. The molecule has 0 saturated heterocycles. The Kier molecular flexibility index (Phi) is 3.69. The van der Waals surface area contributed by atoms with Crippen molar-refractivity contribution in [2.75, 3.05) is 0 Å². The van der Waals surface area contributed by atoms with Gasteiger partial charge in [-0.15, -0.1) is 0 Å². The minimum atomic E-state index is -4.30. The van der Waals surface area contributed by atoms with Crippen LogP contribution in [0.2, 0.25) is 5.02 Å². The average molecular weight is 242 g/mol. The lowest BCUT2D eigenvalue weighted by Gasteiger charge is -2.07. The lowest BCUT2D eigenvalue weighted by molar-refractivity contribution is -0.0328. The highest BCUT2D eigenvalue weighted by molar-refractivity contribution is 8.00. The molecule has 0 bridgehead atoms. The van der Waals surface area contributed by atoms with Crippen molar-refractivity contribution < 1.29 is 13.2 Å². The van der Waals surface area contributed by atoms with Crippen molar-refractivity contribution in [1.82, 2.24) is 0 Å². The Morgan fingerprint density at radius 1 is 1.29 bits per heavy atom. The maximum absolute atomic E-state index is 12.0. The molecule has 1 aromatic rings. The molecule has 1 rings (SSSR count). The van der Waals surface area contributed by atoms with Crippen molar-refractivity contribution in [3.63, 3.8) is 0 Å². The summed E-state index contributed by atoms with van der Waals surface area (Å²) in [5.41, 5.74) is 1.59. The molecule has 0 aliphatic rings. The maximum atomic E-state index is 12.0. The standard InChI is InChI=1S/C8H7ClF3NS/c9-6-1-5(4-13)2-7(3-6)14-8(10,11)12/h1-3H,4,13H2. The summed E-state index contributed by atoms with van der Waals surface area (Å²) >= 11 is 5.43. The molecule has 78 valence electrons. The highest BCUT2D eigenvalue weighted by Crippen LogP contribution is 2.38. The quantitative estimate of drug-likeness (QED) is 0.803. The predicted octanol–water partition coefficient (Wildman–Crippen LogP) is 3.41. The number of thioether (sulfide) groups is 1. The normalized spacial score (nSPS) is 11.8. The molecule has 0 fully saturated rings. The fourth-order valence-corrected chi connectivity index (χ4v) is 1.92. The predicted molar refractivity (Wildman–Crippen MR) is 51.3 cm³/mol. The first-order valence-electron chi connectivity index (χ1n) is 3.66. The summed E-state index contributed by atoms with van der Waals surface area (Å²) in [6.07, 6.45) is 0. The number of benzene rings is 1. The summed E-state index contributed by atoms with van der Waals surface area (Å²) in [7, 11) is 0. The topological polar surface area (TPSA) is 26.0 Å². The summed E-state index contributed by atoms with van der Waals surface area (Å²) in [6.45, 7) is 0.173. The Bertz CT molecular complexity index is 327. The van der Waals surface area contributed by atoms with E-state index in [4.69, 9.17) is 17.3 Å². The van der Waals surface area contributed by atoms with Crippen LogP contribution in [0.15, 0.2) is 23.1 Å². The Morgan fingerprint density at radius 2 is 1.93 bits per heavy atom. The molecule has 0 radical (unpaired) electrons. The van der Waals surface area contributed by atoms with E-state index in [1.807, 2.05) is 0 Å². The minimum Gasteiger partial charge on any atom is -0.326 e. The molecule has 0 aliphatic heterocycles. The second-order valence-corrected chi connectivity index (χ2v) is 4.12. The Hall–Kier alpha value is -0.390. The van der Waals surface area contributed by atoms with Gasteiger partial charge in [-0.1, -0.05) is 11.6 Å². The van der Waals surface area contributed by atoms with Crippen LogP contribution >= 0.6 is 23.4 Å². The lowest BCUT2D eigenvalue weighted by atomic mass is 10.2. The van der Waals surface area contributed by atoms with Crippen molar-refractivity contribution in [1.29, 1.82) is 0 Å². The first kappa shape index (κ1) is 11.7. The summed E-state index contributed by atoms with van der Waals surface area (Å²) < 4.78 is 36.0. The zero-order chi connectivity index (χ0) is 10.8. The van der Waals surface area contributed by atoms with Crippen LogP contribution in [0.25, 0.3) is 0 Å². The summed E-state index contributed by atoms with van der Waals surface area (Å²) in [6, 6.07) is 4.19. The van der Waals surface area contributed by atoms with E-state index in [-0.39, 0.29) is 28.2 Å². The first-order chi connectivity index (χ1) is 6.40. The largest absolute Gasteiger partial charge is 0.446 e. The average Bonchev–Trinajstić information content (AvgIpc) is 1.99. The van der Waals surface area contributed by atoms with E-state index in [0.717, 1.165) is 0 Å². The fourth-order valence-electron chi connectivity index (χ4n) is 0.931. The zero-order valence-electron chi connectivity index (χ0n) is 6.94.